The van der Waals surface area contributed by atoms with Gasteiger partial charge in [0.1, 0.15) is 11.5 Å². The van der Waals surface area contributed by atoms with Gasteiger partial charge in [0.15, 0.2) is 0 Å². The average Bonchev–Trinajstić information content (AvgIpc) is 3.50. The molecule has 37 heavy (non-hydrogen) atoms. The molecule has 9 heteroatoms. The normalized spacial score (nSPS) is 14.2. The number of furan rings is 1. The summed E-state index contributed by atoms with van der Waals surface area (Å²) in [5, 5.41) is 22.4. The number of hydrogen-bond acceptors (Lipinski definition) is 6. The van der Waals surface area contributed by atoms with E-state index in [1.807, 2.05) is 30.3 Å². The third-order valence-corrected chi connectivity index (χ3v) is 5.99. The number of carbonyl (C=O) groups excluding carboxylic acids is 1. The molecule has 0 bridgehead atoms. The van der Waals surface area contributed by atoms with Crippen molar-refractivity contribution in [3.8, 4) is 11.3 Å². The van der Waals surface area contributed by atoms with Gasteiger partial charge in [0, 0.05) is 34.9 Å². The van der Waals surface area contributed by atoms with Crippen LogP contribution in [-0.4, -0.2) is 15.8 Å². The minimum absolute atomic E-state index is 0.0239. The fourth-order valence-electron chi connectivity index (χ4n) is 4.11. The number of hydrogen-bond donors (Lipinski definition) is 0. The standard InChI is InChI=1S/C28H19N3O6/c1-18-7-10-23(17-25(18)31(35)36)29-26(19-5-3-2-4-6-19)16-21(28(29)32)15-24-13-14-27(37-24)20-8-11-22(12-9-20)30(33)34/h2-17H,1H3/b21-15+. The first-order valence-corrected chi connectivity index (χ1v) is 11.2. The van der Waals surface area contributed by atoms with Crippen molar-refractivity contribution in [3.05, 3.63) is 134 Å². The van der Waals surface area contributed by atoms with E-state index in [0.717, 1.165) is 5.56 Å². The van der Waals surface area contributed by atoms with E-state index in [1.165, 1.54) is 23.1 Å². The van der Waals surface area contributed by atoms with Crippen LogP contribution in [-0.2, 0) is 4.79 Å². The molecule has 9 nitrogen and oxygen atoms in total. The van der Waals surface area contributed by atoms with Crippen molar-refractivity contribution in [2.75, 3.05) is 4.90 Å². The van der Waals surface area contributed by atoms with E-state index in [1.54, 1.807) is 55.5 Å². The Labute approximate surface area is 210 Å². The minimum atomic E-state index is -0.474. The molecule has 5 rings (SSSR count). The molecule has 0 saturated carbocycles. The monoisotopic (exact) mass is 493 g/mol. The molecular formula is C28H19N3O6. The number of amides is 1. The van der Waals surface area contributed by atoms with Crippen LogP contribution in [0.4, 0.5) is 17.1 Å². The van der Waals surface area contributed by atoms with E-state index in [0.29, 0.717) is 39.6 Å². The van der Waals surface area contributed by atoms with Gasteiger partial charge < -0.3 is 4.42 Å². The third-order valence-electron chi connectivity index (χ3n) is 5.99. The van der Waals surface area contributed by atoms with Crippen molar-refractivity contribution in [2.24, 2.45) is 0 Å². The van der Waals surface area contributed by atoms with Crippen LogP contribution in [0.5, 0.6) is 0 Å². The molecule has 0 aliphatic carbocycles. The van der Waals surface area contributed by atoms with Crippen LogP contribution in [0.2, 0.25) is 0 Å². The maximum absolute atomic E-state index is 13.6. The Bertz CT molecular complexity index is 1600. The van der Waals surface area contributed by atoms with Crippen LogP contribution in [0.3, 0.4) is 0 Å². The highest BCUT2D eigenvalue weighted by Gasteiger charge is 2.32. The maximum Gasteiger partial charge on any atom is 0.274 e. The predicted molar refractivity (Wildman–Crippen MR) is 139 cm³/mol. The summed E-state index contributed by atoms with van der Waals surface area (Å²) in [4.78, 5) is 36.5. The van der Waals surface area contributed by atoms with E-state index >= 15 is 0 Å². The zero-order chi connectivity index (χ0) is 26.1. The van der Waals surface area contributed by atoms with Crippen molar-refractivity contribution in [3.63, 3.8) is 0 Å². The lowest BCUT2D eigenvalue weighted by Crippen LogP contribution is -2.25. The van der Waals surface area contributed by atoms with Crippen LogP contribution in [0.1, 0.15) is 16.9 Å². The SMILES string of the molecule is Cc1ccc(N2C(=O)/C(=C/c3ccc(-c4ccc([N+](=O)[O-])cc4)o3)C=C2c2ccccc2)cc1[N+](=O)[O-]. The highest BCUT2D eigenvalue weighted by molar-refractivity contribution is 6.23. The first-order valence-electron chi connectivity index (χ1n) is 11.2. The molecule has 4 aromatic rings. The highest BCUT2D eigenvalue weighted by Crippen LogP contribution is 2.37. The molecule has 0 fully saturated rings. The molecule has 1 amide bonds. The molecule has 2 heterocycles. The summed E-state index contributed by atoms with van der Waals surface area (Å²) in [5.74, 6) is 0.549. The Hall–Kier alpha value is -5.31. The number of nitro groups is 2. The van der Waals surface area contributed by atoms with Crippen molar-refractivity contribution < 1.29 is 19.1 Å². The number of nitrogens with zero attached hydrogens (tertiary/aromatic N) is 3. The second-order valence-corrected chi connectivity index (χ2v) is 8.37. The van der Waals surface area contributed by atoms with Crippen LogP contribution in [0, 0.1) is 27.2 Å². The number of non-ortho nitro benzene ring substituents is 1. The lowest BCUT2D eigenvalue weighted by atomic mass is 10.1. The molecule has 0 spiro atoms. The molecule has 3 aromatic carbocycles. The fraction of sp³-hybridized carbons (Fsp3) is 0.0357. The number of rotatable bonds is 6. The van der Waals surface area contributed by atoms with Gasteiger partial charge in [-0.3, -0.25) is 29.9 Å². The molecule has 182 valence electrons. The maximum atomic E-state index is 13.6. The van der Waals surface area contributed by atoms with Gasteiger partial charge in [-0.2, -0.15) is 0 Å². The number of aryl methyl sites for hydroxylation is 1. The van der Waals surface area contributed by atoms with Gasteiger partial charge in [0.2, 0.25) is 0 Å². The van der Waals surface area contributed by atoms with Gasteiger partial charge in [-0.1, -0.05) is 36.4 Å². The second kappa shape index (κ2) is 9.38. The van der Waals surface area contributed by atoms with Crippen LogP contribution in [0.15, 0.2) is 101 Å². The summed E-state index contributed by atoms with van der Waals surface area (Å²) in [6.07, 6.45) is 3.32. The van der Waals surface area contributed by atoms with E-state index < -0.39 is 9.85 Å². The average molecular weight is 493 g/mol. The quantitative estimate of drug-likeness (QED) is 0.171. The molecule has 1 aliphatic rings. The van der Waals surface area contributed by atoms with Crippen LogP contribution >= 0.6 is 0 Å². The summed E-state index contributed by atoms with van der Waals surface area (Å²) in [6, 6.07) is 23.4. The number of anilines is 1. The Morgan fingerprint density at radius 3 is 2.24 bits per heavy atom. The third kappa shape index (κ3) is 4.53. The van der Waals surface area contributed by atoms with Crippen molar-refractivity contribution in [2.45, 2.75) is 6.92 Å². The Balaban J connectivity index is 1.53. The van der Waals surface area contributed by atoms with Gasteiger partial charge in [0.05, 0.1) is 21.2 Å². The van der Waals surface area contributed by atoms with E-state index in [9.17, 15) is 25.0 Å². The number of carbonyl (C=O) groups is 1. The van der Waals surface area contributed by atoms with Crippen LogP contribution < -0.4 is 4.90 Å². The lowest BCUT2D eigenvalue weighted by Gasteiger charge is -2.21. The van der Waals surface area contributed by atoms with E-state index in [-0.39, 0.29) is 17.3 Å². The molecule has 0 unspecified atom stereocenters. The molecule has 1 aromatic heterocycles. The van der Waals surface area contributed by atoms with Crippen LogP contribution in [0.25, 0.3) is 23.1 Å². The molecular weight excluding hydrogens is 474 g/mol. The second-order valence-electron chi connectivity index (χ2n) is 8.37. The van der Waals surface area contributed by atoms with Crippen molar-refractivity contribution in [1.29, 1.82) is 0 Å². The predicted octanol–water partition coefficient (Wildman–Crippen LogP) is 6.54. The molecule has 0 saturated heterocycles. The number of nitro benzene ring substituents is 2. The van der Waals surface area contributed by atoms with E-state index in [4.69, 9.17) is 4.42 Å². The first kappa shape index (κ1) is 23.4. The fourth-order valence-corrected chi connectivity index (χ4v) is 4.11. The topological polar surface area (TPSA) is 120 Å². The zero-order valence-corrected chi connectivity index (χ0v) is 19.5. The summed E-state index contributed by atoms with van der Waals surface area (Å²) in [5.41, 5.74) is 3.13. The first-order chi connectivity index (χ1) is 17.8. The lowest BCUT2D eigenvalue weighted by molar-refractivity contribution is -0.385. The van der Waals surface area contributed by atoms with Crippen molar-refractivity contribution in [1.82, 2.24) is 0 Å². The van der Waals surface area contributed by atoms with Gasteiger partial charge in [0.25, 0.3) is 17.3 Å². The summed E-state index contributed by atoms with van der Waals surface area (Å²) < 4.78 is 5.89. The molecule has 0 radical (unpaired) electrons. The largest absolute Gasteiger partial charge is 0.457 e. The van der Waals surface area contributed by atoms with E-state index in [2.05, 4.69) is 0 Å². The summed E-state index contributed by atoms with van der Waals surface area (Å²) in [6.45, 7) is 1.65. The highest BCUT2D eigenvalue weighted by atomic mass is 16.6. The Morgan fingerprint density at radius 2 is 1.57 bits per heavy atom. The smallest absolute Gasteiger partial charge is 0.274 e. The van der Waals surface area contributed by atoms with Gasteiger partial charge in [-0.05, 0) is 55.0 Å². The summed E-state index contributed by atoms with van der Waals surface area (Å²) in [7, 11) is 0. The van der Waals surface area contributed by atoms with Crippen molar-refractivity contribution >= 4 is 34.7 Å². The van der Waals surface area contributed by atoms with Gasteiger partial charge in [-0.15, -0.1) is 0 Å². The Kier molecular flexibility index (Phi) is 5.94. The molecule has 0 N–H and O–H groups in total. The minimum Gasteiger partial charge on any atom is -0.457 e. The molecule has 1 aliphatic heterocycles. The van der Waals surface area contributed by atoms with Gasteiger partial charge in [-0.25, -0.2) is 0 Å². The number of benzene rings is 3. The Morgan fingerprint density at radius 1 is 0.838 bits per heavy atom. The molecule has 0 atom stereocenters. The zero-order valence-electron chi connectivity index (χ0n) is 19.5. The van der Waals surface area contributed by atoms with Gasteiger partial charge >= 0.3 is 0 Å². The summed E-state index contributed by atoms with van der Waals surface area (Å²) >= 11 is 0.